The third-order valence-corrected chi connectivity index (χ3v) is 3.72. The van der Waals surface area contributed by atoms with Crippen LogP contribution in [-0.4, -0.2) is 28.7 Å². The normalized spacial score (nSPS) is 14.6. The number of amides is 2. The maximum absolute atomic E-state index is 12.4. The number of fused-ring (bicyclic) bond motifs is 1. The first-order valence-corrected chi connectivity index (χ1v) is 7.06. The predicted molar refractivity (Wildman–Crippen MR) is 84.5 cm³/mol. The maximum atomic E-state index is 12.4. The number of Topliss-reactive ketones (excluding diaryl/α,β-unsaturated/α-hetero) is 1. The summed E-state index contributed by atoms with van der Waals surface area (Å²) in [6, 6.07) is 11.7. The number of carbonyl (C=O) groups is 3. The molecule has 1 aliphatic heterocycles. The van der Waals surface area contributed by atoms with Crippen LogP contribution in [0.5, 0.6) is 5.75 Å². The number of ketones is 1. The lowest BCUT2D eigenvalue weighted by molar-refractivity contribution is -0.120. The monoisotopic (exact) mass is 310 g/mol. The molecular formula is C17H14N2O4. The summed E-state index contributed by atoms with van der Waals surface area (Å²) in [4.78, 5) is 37.7. The van der Waals surface area contributed by atoms with Crippen molar-refractivity contribution >= 4 is 29.0 Å². The van der Waals surface area contributed by atoms with Crippen LogP contribution in [0.2, 0.25) is 0 Å². The van der Waals surface area contributed by atoms with Crippen LogP contribution in [-0.2, 0) is 9.59 Å². The van der Waals surface area contributed by atoms with Gasteiger partial charge in [0.1, 0.15) is 11.8 Å². The van der Waals surface area contributed by atoms with Gasteiger partial charge in [-0.25, -0.2) is 0 Å². The molecule has 0 aromatic heterocycles. The Morgan fingerprint density at radius 2 is 1.74 bits per heavy atom. The lowest BCUT2D eigenvalue weighted by Crippen LogP contribution is -2.45. The fourth-order valence-corrected chi connectivity index (χ4v) is 2.50. The second kappa shape index (κ2) is 5.57. The summed E-state index contributed by atoms with van der Waals surface area (Å²) < 4.78 is 0. The minimum atomic E-state index is -0.844. The fourth-order valence-electron chi connectivity index (χ4n) is 2.50. The zero-order chi connectivity index (χ0) is 16.6. The first kappa shape index (κ1) is 14.8. The van der Waals surface area contributed by atoms with Crippen LogP contribution in [0.3, 0.4) is 0 Å². The van der Waals surface area contributed by atoms with Crippen LogP contribution in [0.25, 0.3) is 0 Å². The molecule has 2 amide bonds. The SMILES string of the molecule is CC(C(=O)Nc1ccc(O)cc1)N1C(=O)C(=O)c2ccccc21. The molecule has 1 unspecified atom stereocenters. The molecule has 6 heteroatoms. The van der Waals surface area contributed by atoms with Crippen molar-refractivity contribution in [3.8, 4) is 5.75 Å². The van der Waals surface area contributed by atoms with Gasteiger partial charge in [0.05, 0.1) is 11.3 Å². The standard InChI is InChI=1S/C17H14N2O4/c1-10(16(22)18-11-6-8-12(20)9-7-11)19-14-5-3-2-4-13(14)15(21)17(19)23/h2-10,20H,1H3,(H,18,22). The molecule has 6 nitrogen and oxygen atoms in total. The van der Waals surface area contributed by atoms with E-state index in [-0.39, 0.29) is 5.75 Å². The van der Waals surface area contributed by atoms with Crippen molar-refractivity contribution < 1.29 is 19.5 Å². The smallest absolute Gasteiger partial charge is 0.300 e. The largest absolute Gasteiger partial charge is 0.508 e. The van der Waals surface area contributed by atoms with E-state index in [1.165, 1.54) is 17.0 Å². The van der Waals surface area contributed by atoms with E-state index in [0.29, 0.717) is 16.9 Å². The van der Waals surface area contributed by atoms with E-state index in [1.807, 2.05) is 0 Å². The number of nitrogens with zero attached hydrogens (tertiary/aromatic N) is 1. The molecule has 0 spiro atoms. The number of aromatic hydroxyl groups is 1. The van der Waals surface area contributed by atoms with Crippen molar-refractivity contribution in [2.75, 3.05) is 10.2 Å². The van der Waals surface area contributed by atoms with Gasteiger partial charge in [-0.05, 0) is 43.3 Å². The molecule has 0 radical (unpaired) electrons. The topological polar surface area (TPSA) is 86.7 Å². The molecule has 23 heavy (non-hydrogen) atoms. The van der Waals surface area contributed by atoms with E-state index in [0.717, 1.165) is 0 Å². The van der Waals surface area contributed by atoms with Crippen molar-refractivity contribution in [1.29, 1.82) is 0 Å². The molecule has 1 atom stereocenters. The van der Waals surface area contributed by atoms with E-state index >= 15 is 0 Å². The van der Waals surface area contributed by atoms with E-state index < -0.39 is 23.6 Å². The zero-order valence-corrected chi connectivity index (χ0v) is 12.3. The second-order valence-electron chi connectivity index (χ2n) is 5.23. The summed E-state index contributed by atoms with van der Waals surface area (Å²) in [6.07, 6.45) is 0. The van der Waals surface area contributed by atoms with Crippen LogP contribution in [0.4, 0.5) is 11.4 Å². The number of hydrogen-bond donors (Lipinski definition) is 2. The Bertz CT molecular complexity index is 798. The Labute approximate surface area is 132 Å². The highest BCUT2D eigenvalue weighted by molar-refractivity contribution is 6.52. The Hall–Kier alpha value is -3.15. The Morgan fingerprint density at radius 1 is 1.09 bits per heavy atom. The van der Waals surface area contributed by atoms with E-state index in [1.54, 1.807) is 43.3 Å². The first-order valence-electron chi connectivity index (χ1n) is 7.06. The molecule has 0 fully saturated rings. The molecule has 3 rings (SSSR count). The minimum absolute atomic E-state index is 0.0882. The number of benzene rings is 2. The van der Waals surface area contributed by atoms with Crippen LogP contribution in [0.15, 0.2) is 48.5 Å². The molecule has 0 saturated heterocycles. The third kappa shape index (κ3) is 2.55. The van der Waals surface area contributed by atoms with Gasteiger partial charge in [0.25, 0.3) is 11.7 Å². The van der Waals surface area contributed by atoms with Crippen molar-refractivity contribution in [2.45, 2.75) is 13.0 Å². The summed E-state index contributed by atoms with van der Waals surface area (Å²) in [5.41, 5.74) is 1.24. The Morgan fingerprint density at radius 3 is 2.43 bits per heavy atom. The minimum Gasteiger partial charge on any atom is -0.508 e. The van der Waals surface area contributed by atoms with Crippen LogP contribution in [0, 0.1) is 0 Å². The molecule has 116 valence electrons. The number of hydrogen-bond acceptors (Lipinski definition) is 4. The van der Waals surface area contributed by atoms with Gasteiger partial charge in [-0.15, -0.1) is 0 Å². The van der Waals surface area contributed by atoms with Gasteiger partial charge in [-0.3, -0.25) is 19.3 Å². The van der Waals surface area contributed by atoms with Gasteiger partial charge in [0, 0.05) is 5.69 Å². The summed E-state index contributed by atoms with van der Waals surface area (Å²) in [5.74, 6) is -1.65. The zero-order valence-electron chi connectivity index (χ0n) is 12.3. The van der Waals surface area contributed by atoms with Crippen molar-refractivity contribution in [1.82, 2.24) is 0 Å². The summed E-state index contributed by atoms with van der Waals surface area (Å²) in [6.45, 7) is 1.56. The van der Waals surface area contributed by atoms with Crippen molar-refractivity contribution in [2.24, 2.45) is 0 Å². The summed E-state index contributed by atoms with van der Waals surface area (Å²) in [7, 11) is 0. The number of rotatable bonds is 3. The molecule has 0 aliphatic carbocycles. The number of para-hydroxylation sites is 1. The van der Waals surface area contributed by atoms with Gasteiger partial charge < -0.3 is 10.4 Å². The molecule has 0 bridgehead atoms. The number of phenols is 1. The van der Waals surface area contributed by atoms with Crippen LogP contribution >= 0.6 is 0 Å². The van der Waals surface area contributed by atoms with Gasteiger partial charge in [-0.1, -0.05) is 12.1 Å². The highest BCUT2D eigenvalue weighted by Gasteiger charge is 2.40. The average molecular weight is 310 g/mol. The van der Waals surface area contributed by atoms with Gasteiger partial charge in [0.15, 0.2) is 0 Å². The van der Waals surface area contributed by atoms with Gasteiger partial charge in [0.2, 0.25) is 5.91 Å². The molecule has 0 saturated carbocycles. The van der Waals surface area contributed by atoms with Crippen LogP contribution in [0.1, 0.15) is 17.3 Å². The highest BCUT2D eigenvalue weighted by Crippen LogP contribution is 2.30. The predicted octanol–water partition coefficient (Wildman–Crippen LogP) is 1.95. The molecule has 1 aliphatic rings. The quantitative estimate of drug-likeness (QED) is 0.670. The van der Waals surface area contributed by atoms with Gasteiger partial charge in [-0.2, -0.15) is 0 Å². The van der Waals surface area contributed by atoms with Crippen LogP contribution < -0.4 is 10.2 Å². The van der Waals surface area contributed by atoms with E-state index in [4.69, 9.17) is 0 Å². The summed E-state index contributed by atoms with van der Waals surface area (Å²) in [5, 5.41) is 11.9. The molecular weight excluding hydrogens is 296 g/mol. The van der Waals surface area contributed by atoms with E-state index in [2.05, 4.69) is 5.32 Å². The average Bonchev–Trinajstić information content (AvgIpc) is 2.81. The highest BCUT2D eigenvalue weighted by atomic mass is 16.3. The first-order chi connectivity index (χ1) is 11.0. The fraction of sp³-hybridized carbons (Fsp3) is 0.118. The number of anilines is 2. The summed E-state index contributed by atoms with van der Waals surface area (Å²) >= 11 is 0. The number of phenolic OH excluding ortho intramolecular Hbond substituents is 1. The van der Waals surface area contributed by atoms with Crippen molar-refractivity contribution in [3.63, 3.8) is 0 Å². The number of nitrogens with one attached hydrogen (secondary N) is 1. The lowest BCUT2D eigenvalue weighted by Gasteiger charge is -2.23. The maximum Gasteiger partial charge on any atom is 0.300 e. The second-order valence-corrected chi connectivity index (χ2v) is 5.23. The molecule has 2 aromatic carbocycles. The molecule has 2 N–H and O–H groups in total. The Kier molecular flexibility index (Phi) is 3.57. The Balaban J connectivity index is 1.84. The number of carbonyl (C=O) groups excluding carboxylic acids is 3. The third-order valence-electron chi connectivity index (χ3n) is 3.72. The van der Waals surface area contributed by atoms with Crippen molar-refractivity contribution in [3.05, 3.63) is 54.1 Å². The van der Waals surface area contributed by atoms with Gasteiger partial charge >= 0.3 is 0 Å². The molecule has 1 heterocycles. The lowest BCUT2D eigenvalue weighted by atomic mass is 10.1. The van der Waals surface area contributed by atoms with E-state index in [9.17, 15) is 19.5 Å². The molecule has 2 aromatic rings.